The molecular formula is C23H22F2N4O3. The van der Waals surface area contributed by atoms with Gasteiger partial charge in [-0.25, -0.2) is 13.8 Å². The van der Waals surface area contributed by atoms with Crippen LogP contribution in [-0.2, 0) is 4.79 Å². The van der Waals surface area contributed by atoms with E-state index in [2.05, 4.69) is 15.6 Å². The Hall–Kier alpha value is -3.85. The van der Waals surface area contributed by atoms with E-state index in [4.69, 9.17) is 5.73 Å². The fourth-order valence-corrected chi connectivity index (χ4v) is 3.22. The predicted octanol–water partition coefficient (Wildman–Crippen LogP) is 3.34. The third-order valence-electron chi connectivity index (χ3n) is 4.75. The number of carbonyl (C=O) groups excluding carboxylic acids is 2. The van der Waals surface area contributed by atoms with Gasteiger partial charge in [-0.1, -0.05) is 6.07 Å². The first-order valence-electron chi connectivity index (χ1n) is 9.79. The van der Waals surface area contributed by atoms with Crippen LogP contribution in [0.4, 0.5) is 20.3 Å². The van der Waals surface area contributed by atoms with E-state index in [9.17, 15) is 23.5 Å². The molecule has 32 heavy (non-hydrogen) atoms. The summed E-state index contributed by atoms with van der Waals surface area (Å²) >= 11 is 0. The number of amides is 2. The van der Waals surface area contributed by atoms with Gasteiger partial charge < -0.3 is 21.5 Å². The van der Waals surface area contributed by atoms with Gasteiger partial charge in [-0.15, -0.1) is 0 Å². The van der Waals surface area contributed by atoms with Crippen LogP contribution in [0, 0.1) is 18.6 Å². The fourth-order valence-electron chi connectivity index (χ4n) is 3.22. The lowest BCUT2D eigenvalue weighted by molar-refractivity contribution is -0.124. The average molecular weight is 440 g/mol. The smallest absolute Gasteiger partial charge is 0.257 e. The number of nitrogens with one attached hydrogen (secondary N) is 2. The van der Waals surface area contributed by atoms with Crippen LogP contribution in [-0.4, -0.2) is 28.4 Å². The SMILES string of the molecule is CCNC(=O)c1cc(-c2ccc(NC(=O)C(O)c3cc(F)cc(F)c3)cc2C)cnc1N. The summed E-state index contributed by atoms with van der Waals surface area (Å²) < 4.78 is 26.7. The van der Waals surface area contributed by atoms with Gasteiger partial charge in [0.05, 0.1) is 5.56 Å². The number of rotatable bonds is 6. The quantitative estimate of drug-likeness (QED) is 0.469. The summed E-state index contributed by atoms with van der Waals surface area (Å²) in [5.41, 5.74) is 8.42. The van der Waals surface area contributed by atoms with Gasteiger partial charge in [-0.3, -0.25) is 9.59 Å². The summed E-state index contributed by atoms with van der Waals surface area (Å²) in [6.07, 6.45) is -0.206. The number of anilines is 2. The van der Waals surface area contributed by atoms with Crippen molar-refractivity contribution in [3.63, 3.8) is 0 Å². The molecule has 0 aliphatic rings. The van der Waals surface area contributed by atoms with Gasteiger partial charge >= 0.3 is 0 Å². The number of aromatic nitrogens is 1. The second-order valence-electron chi connectivity index (χ2n) is 7.14. The average Bonchev–Trinajstić information content (AvgIpc) is 2.73. The van der Waals surface area contributed by atoms with Crippen LogP contribution >= 0.6 is 0 Å². The third-order valence-corrected chi connectivity index (χ3v) is 4.75. The van der Waals surface area contributed by atoms with Crippen molar-refractivity contribution < 1.29 is 23.5 Å². The molecule has 7 nitrogen and oxygen atoms in total. The number of halogens is 2. The summed E-state index contributed by atoms with van der Waals surface area (Å²) in [4.78, 5) is 28.6. The number of nitrogens with zero attached hydrogens (tertiary/aromatic N) is 1. The summed E-state index contributed by atoms with van der Waals surface area (Å²) in [5.74, 6) is -2.84. The van der Waals surface area contributed by atoms with Crippen molar-refractivity contribution >= 4 is 23.3 Å². The minimum atomic E-state index is -1.75. The van der Waals surface area contributed by atoms with E-state index in [0.29, 0.717) is 23.9 Å². The highest BCUT2D eigenvalue weighted by Gasteiger charge is 2.20. The summed E-state index contributed by atoms with van der Waals surface area (Å²) in [6.45, 7) is 4.04. The number of carbonyl (C=O) groups is 2. The van der Waals surface area contributed by atoms with E-state index in [1.807, 2.05) is 0 Å². The van der Waals surface area contributed by atoms with E-state index in [0.717, 1.165) is 23.3 Å². The van der Waals surface area contributed by atoms with Gasteiger partial charge in [0.1, 0.15) is 17.5 Å². The van der Waals surface area contributed by atoms with Crippen molar-refractivity contribution in [1.82, 2.24) is 10.3 Å². The highest BCUT2D eigenvalue weighted by atomic mass is 19.1. The number of benzene rings is 2. The molecule has 2 amide bonds. The molecule has 0 radical (unpaired) electrons. The number of nitrogens with two attached hydrogens (primary N) is 1. The minimum Gasteiger partial charge on any atom is -0.383 e. The maximum absolute atomic E-state index is 13.4. The summed E-state index contributed by atoms with van der Waals surface area (Å²) in [6, 6.07) is 9.04. The Labute approximate surface area is 183 Å². The number of aliphatic hydroxyl groups is 1. The van der Waals surface area contributed by atoms with E-state index in [1.54, 1.807) is 44.3 Å². The molecular weight excluding hydrogens is 418 g/mol. The Morgan fingerprint density at radius 2 is 1.81 bits per heavy atom. The molecule has 0 aliphatic heterocycles. The van der Waals surface area contributed by atoms with Crippen molar-refractivity contribution in [1.29, 1.82) is 0 Å². The first-order chi connectivity index (χ1) is 15.2. The largest absolute Gasteiger partial charge is 0.383 e. The lowest BCUT2D eigenvalue weighted by atomic mass is 9.99. The van der Waals surface area contributed by atoms with Crippen LogP contribution < -0.4 is 16.4 Å². The van der Waals surface area contributed by atoms with Crippen molar-refractivity contribution in [2.75, 3.05) is 17.6 Å². The van der Waals surface area contributed by atoms with Gasteiger partial charge in [0.25, 0.3) is 11.8 Å². The highest BCUT2D eigenvalue weighted by Crippen LogP contribution is 2.28. The zero-order valence-corrected chi connectivity index (χ0v) is 17.4. The normalized spacial score (nSPS) is 11.7. The molecule has 1 heterocycles. The molecule has 166 valence electrons. The lowest BCUT2D eigenvalue weighted by Gasteiger charge is -2.14. The first-order valence-corrected chi connectivity index (χ1v) is 9.79. The molecule has 9 heteroatoms. The Morgan fingerprint density at radius 1 is 1.12 bits per heavy atom. The van der Waals surface area contributed by atoms with Gasteiger partial charge in [-0.2, -0.15) is 0 Å². The van der Waals surface area contributed by atoms with Crippen LogP contribution in [0.1, 0.15) is 34.5 Å². The Morgan fingerprint density at radius 3 is 2.44 bits per heavy atom. The predicted molar refractivity (Wildman–Crippen MR) is 117 cm³/mol. The number of hydrogen-bond donors (Lipinski definition) is 4. The second kappa shape index (κ2) is 9.52. The first kappa shape index (κ1) is 22.8. The molecule has 1 atom stereocenters. The van der Waals surface area contributed by atoms with Crippen LogP contribution in [0.5, 0.6) is 0 Å². The molecule has 0 bridgehead atoms. The standard InChI is InChI=1S/C23H22F2N4O3/c1-3-27-22(31)19-9-14(11-28-21(19)26)18-5-4-17(6-12(18)2)29-23(32)20(30)13-7-15(24)10-16(25)8-13/h4-11,20,30H,3H2,1-2H3,(H2,26,28)(H,27,31)(H,29,32). The topological polar surface area (TPSA) is 117 Å². The molecule has 2 aromatic carbocycles. The molecule has 0 fully saturated rings. The number of aryl methyl sites for hydroxylation is 1. The van der Waals surface area contributed by atoms with E-state index < -0.39 is 23.6 Å². The molecule has 0 spiro atoms. The Kier molecular flexibility index (Phi) is 6.79. The van der Waals surface area contributed by atoms with Gasteiger partial charge in [0.2, 0.25) is 0 Å². The third kappa shape index (κ3) is 5.06. The van der Waals surface area contributed by atoms with Crippen molar-refractivity contribution in [2.24, 2.45) is 0 Å². The van der Waals surface area contributed by atoms with E-state index >= 15 is 0 Å². The maximum Gasteiger partial charge on any atom is 0.257 e. The van der Waals surface area contributed by atoms with Crippen LogP contribution in [0.2, 0.25) is 0 Å². The van der Waals surface area contributed by atoms with Crippen LogP contribution in [0.3, 0.4) is 0 Å². The van der Waals surface area contributed by atoms with Gasteiger partial charge in [0.15, 0.2) is 6.10 Å². The van der Waals surface area contributed by atoms with Gasteiger partial charge in [-0.05, 0) is 60.9 Å². The monoisotopic (exact) mass is 440 g/mol. The fraction of sp³-hybridized carbons (Fsp3) is 0.174. The summed E-state index contributed by atoms with van der Waals surface area (Å²) in [5, 5.41) is 15.4. The molecule has 5 N–H and O–H groups in total. The molecule has 1 aromatic heterocycles. The molecule has 1 unspecified atom stereocenters. The molecule has 0 aliphatic carbocycles. The zero-order valence-electron chi connectivity index (χ0n) is 17.4. The van der Waals surface area contributed by atoms with E-state index in [-0.39, 0.29) is 22.9 Å². The van der Waals surface area contributed by atoms with E-state index in [1.165, 1.54) is 0 Å². The molecule has 0 saturated carbocycles. The number of hydrogen-bond acceptors (Lipinski definition) is 5. The molecule has 3 aromatic rings. The Bertz CT molecular complexity index is 1160. The zero-order chi connectivity index (χ0) is 23.4. The van der Waals surface area contributed by atoms with Crippen LogP contribution in [0.25, 0.3) is 11.1 Å². The maximum atomic E-state index is 13.4. The van der Waals surface area contributed by atoms with Crippen molar-refractivity contribution in [3.05, 3.63) is 77.0 Å². The number of nitrogen functional groups attached to an aromatic ring is 1. The second-order valence-corrected chi connectivity index (χ2v) is 7.14. The van der Waals surface area contributed by atoms with Gasteiger partial charge in [0, 0.05) is 30.1 Å². The summed E-state index contributed by atoms with van der Waals surface area (Å²) in [7, 11) is 0. The van der Waals surface area contributed by atoms with Crippen LogP contribution in [0.15, 0.2) is 48.7 Å². The molecule has 3 rings (SSSR count). The number of aliphatic hydroxyl groups excluding tert-OH is 1. The Balaban J connectivity index is 1.82. The minimum absolute atomic E-state index is 0.115. The lowest BCUT2D eigenvalue weighted by Crippen LogP contribution is -2.24. The number of pyridine rings is 1. The van der Waals surface area contributed by atoms with Crippen molar-refractivity contribution in [3.8, 4) is 11.1 Å². The van der Waals surface area contributed by atoms with Crippen molar-refractivity contribution in [2.45, 2.75) is 20.0 Å². The highest BCUT2D eigenvalue weighted by molar-refractivity contribution is 5.99. The molecule has 0 saturated heterocycles.